The Balaban J connectivity index is 0.000000166. The zero-order valence-electron chi connectivity index (χ0n) is 44.1. The quantitative estimate of drug-likeness (QED) is 0.242. The van der Waals surface area contributed by atoms with Crippen molar-refractivity contribution in [1.29, 1.82) is 0 Å². The number of ketones is 1. The molecule has 0 aromatic carbocycles. The van der Waals surface area contributed by atoms with Crippen molar-refractivity contribution in [3.05, 3.63) is 24.3 Å². The van der Waals surface area contributed by atoms with Gasteiger partial charge >= 0.3 is 11.9 Å². The molecule has 370 valence electrons. The SMILES string of the molecule is C=C(C)[C@@H]1CC[C@]2(C(=O)O)CC[C@]3(C)[C@H](CC[C@@H]4[C@@]5(C)CCC(=O)C(C)(C)[C@@H]5CC[C@]43C)[C@@H]12.C=C(C)[C@@H]1CC[C@]2(C(=O)O)CC[C@]3(C)[C@H](CC[C@@H]4[C@@]5(C)CCC(N)C(C)(C)[C@@H]5CC[C@]43C)[C@@H]12. The lowest BCUT2D eigenvalue weighted by Gasteiger charge is -2.72. The fraction of sp³-hybridized carbons (Fsp3) is 0.883. The van der Waals surface area contributed by atoms with Crippen LogP contribution in [0.2, 0.25) is 0 Å². The molecule has 0 bridgehead atoms. The van der Waals surface area contributed by atoms with Gasteiger partial charge in [-0.3, -0.25) is 14.4 Å². The van der Waals surface area contributed by atoms with Crippen LogP contribution in [-0.2, 0) is 14.4 Å². The molecule has 10 rings (SSSR count). The fourth-order valence-electron chi connectivity index (χ4n) is 22.9. The van der Waals surface area contributed by atoms with Gasteiger partial charge < -0.3 is 15.9 Å². The van der Waals surface area contributed by atoms with Crippen LogP contribution in [0.4, 0.5) is 0 Å². The third kappa shape index (κ3) is 6.02. The second-order valence-corrected chi connectivity index (χ2v) is 28.9. The smallest absolute Gasteiger partial charge is 0.309 e. The fourth-order valence-corrected chi connectivity index (χ4v) is 22.9. The van der Waals surface area contributed by atoms with Gasteiger partial charge in [-0.25, -0.2) is 0 Å². The first-order chi connectivity index (χ1) is 30.5. The van der Waals surface area contributed by atoms with Gasteiger partial charge in [0.25, 0.3) is 0 Å². The molecule has 0 heterocycles. The monoisotopic (exact) mass is 910 g/mol. The summed E-state index contributed by atoms with van der Waals surface area (Å²) in [6, 6.07) is 0.313. The molecule has 10 aliphatic rings. The number of nitrogens with two attached hydrogens (primary N) is 1. The Morgan fingerprint density at radius 2 is 0.924 bits per heavy atom. The largest absolute Gasteiger partial charge is 0.481 e. The zero-order valence-corrected chi connectivity index (χ0v) is 44.1. The van der Waals surface area contributed by atoms with Gasteiger partial charge in [0.15, 0.2) is 0 Å². The van der Waals surface area contributed by atoms with Crippen molar-refractivity contribution >= 4 is 17.7 Å². The first kappa shape index (κ1) is 49.0. The number of allylic oxidation sites excluding steroid dienone is 2. The molecule has 19 atom stereocenters. The van der Waals surface area contributed by atoms with Gasteiger partial charge in [-0.05, 0) is 233 Å². The third-order valence-corrected chi connectivity index (χ3v) is 26.8. The molecule has 0 amide bonds. The summed E-state index contributed by atoms with van der Waals surface area (Å²) in [5, 5.41) is 21.0. The summed E-state index contributed by atoms with van der Waals surface area (Å²) in [5.41, 5.74) is 9.48. The van der Waals surface area contributed by atoms with Crippen molar-refractivity contribution in [2.24, 2.45) is 119 Å². The zero-order chi connectivity index (χ0) is 48.4. The van der Waals surface area contributed by atoms with Crippen LogP contribution < -0.4 is 5.73 Å². The van der Waals surface area contributed by atoms with Crippen LogP contribution in [0.25, 0.3) is 0 Å². The van der Waals surface area contributed by atoms with Crippen LogP contribution in [0.3, 0.4) is 0 Å². The molecule has 0 radical (unpaired) electrons. The van der Waals surface area contributed by atoms with Gasteiger partial charge in [-0.1, -0.05) is 93.5 Å². The summed E-state index contributed by atoms with van der Waals surface area (Å²) in [5.74, 6) is 4.11. The predicted molar refractivity (Wildman–Crippen MR) is 266 cm³/mol. The number of Topliss-reactive ketones (excluding diaryl/α,β-unsaturated/α-hetero) is 1. The standard InChI is InChI=1S/C30H49NO2.C30H46O3/c2*1-18(2)19-10-15-30(25(32)33)17-16-28(6)20(24(19)30)8-9-22-27(5)13-12-23(31)26(3,4)21(27)11-14-29(22,28)7/h19-24H,1,8-17,31H2,2-7H3,(H,32,33);19-22,24H,1,8-17H2,2-7H3,(H,32,33)/t19-,20+,21-,22+,23?,24+,27-,28+,29+,30-;19-,20+,21-,22+,24+,27-,28+,29+,30-/m00/s1. The molecule has 0 saturated heterocycles. The maximum absolute atomic E-state index is 12.9. The van der Waals surface area contributed by atoms with Gasteiger partial charge in [0.05, 0.1) is 10.8 Å². The minimum absolute atomic E-state index is 0.164. The summed E-state index contributed by atoms with van der Waals surface area (Å²) < 4.78 is 0. The lowest BCUT2D eigenvalue weighted by atomic mass is 9.32. The van der Waals surface area contributed by atoms with E-state index in [0.717, 1.165) is 89.4 Å². The van der Waals surface area contributed by atoms with Crippen LogP contribution in [-0.4, -0.2) is 34.0 Å². The second kappa shape index (κ2) is 15.3. The number of carbonyl (C=O) groups excluding carboxylic acids is 1. The van der Waals surface area contributed by atoms with Crippen molar-refractivity contribution in [3.8, 4) is 0 Å². The lowest BCUT2D eigenvalue weighted by Crippen LogP contribution is -2.67. The Labute approximate surface area is 401 Å². The van der Waals surface area contributed by atoms with Gasteiger partial charge in [0.2, 0.25) is 0 Å². The summed E-state index contributed by atoms with van der Waals surface area (Å²) in [4.78, 5) is 38.4. The Bertz CT molecular complexity index is 2050. The first-order valence-corrected chi connectivity index (χ1v) is 27.6. The highest BCUT2D eigenvalue weighted by Gasteiger charge is 2.74. The second-order valence-electron chi connectivity index (χ2n) is 28.9. The number of carbonyl (C=O) groups is 3. The maximum atomic E-state index is 12.9. The van der Waals surface area contributed by atoms with Crippen LogP contribution in [0.15, 0.2) is 24.3 Å². The van der Waals surface area contributed by atoms with E-state index >= 15 is 0 Å². The van der Waals surface area contributed by atoms with Gasteiger partial charge in [0.1, 0.15) is 5.78 Å². The summed E-state index contributed by atoms with van der Waals surface area (Å²) >= 11 is 0. The number of rotatable bonds is 4. The maximum Gasteiger partial charge on any atom is 0.309 e. The molecule has 6 nitrogen and oxygen atoms in total. The Morgan fingerprint density at radius 1 is 0.500 bits per heavy atom. The van der Waals surface area contributed by atoms with E-state index in [1.54, 1.807) is 0 Å². The van der Waals surface area contributed by atoms with Gasteiger partial charge in [-0.15, -0.1) is 0 Å². The van der Waals surface area contributed by atoms with E-state index in [4.69, 9.17) is 5.73 Å². The lowest BCUT2D eigenvalue weighted by molar-refractivity contribution is -0.239. The van der Waals surface area contributed by atoms with Crippen LogP contribution in [0.5, 0.6) is 0 Å². The summed E-state index contributed by atoms with van der Waals surface area (Å²) in [7, 11) is 0. The normalized spacial score (nSPS) is 53.9. The number of carboxylic acids is 2. The Morgan fingerprint density at radius 3 is 1.35 bits per heavy atom. The molecule has 0 aromatic heterocycles. The molecule has 0 aromatic rings. The van der Waals surface area contributed by atoms with Crippen molar-refractivity contribution in [2.75, 3.05) is 0 Å². The molecule has 1 unspecified atom stereocenters. The third-order valence-electron chi connectivity index (χ3n) is 26.8. The van der Waals surface area contributed by atoms with E-state index in [0.29, 0.717) is 58.7 Å². The molecular formula is C60H95NO5. The minimum atomic E-state index is -0.547. The van der Waals surface area contributed by atoms with E-state index < -0.39 is 22.8 Å². The molecule has 10 saturated carbocycles. The molecular weight excluding hydrogens is 815 g/mol. The van der Waals surface area contributed by atoms with Crippen molar-refractivity contribution < 1.29 is 24.6 Å². The van der Waals surface area contributed by atoms with Gasteiger partial charge in [-0.2, -0.15) is 0 Å². The van der Waals surface area contributed by atoms with E-state index in [1.807, 2.05) is 0 Å². The highest BCUT2D eigenvalue weighted by Crippen LogP contribution is 2.79. The highest BCUT2D eigenvalue weighted by atomic mass is 16.4. The van der Waals surface area contributed by atoms with Crippen LogP contribution >= 0.6 is 0 Å². The van der Waals surface area contributed by atoms with Crippen molar-refractivity contribution in [2.45, 2.75) is 218 Å². The molecule has 66 heavy (non-hydrogen) atoms. The number of hydrogen-bond donors (Lipinski definition) is 3. The number of aliphatic carboxylic acids is 2. The molecule has 0 spiro atoms. The summed E-state index contributed by atoms with van der Waals surface area (Å²) in [6.45, 7) is 37.8. The van der Waals surface area contributed by atoms with Gasteiger partial charge in [0, 0.05) is 17.9 Å². The molecule has 4 N–H and O–H groups in total. The Hall–Kier alpha value is -1.95. The van der Waals surface area contributed by atoms with E-state index in [1.165, 1.54) is 56.1 Å². The van der Waals surface area contributed by atoms with Crippen LogP contribution in [0, 0.1) is 113 Å². The van der Waals surface area contributed by atoms with Crippen LogP contribution in [0.1, 0.15) is 212 Å². The molecule has 10 fully saturated rings. The van der Waals surface area contributed by atoms with E-state index in [9.17, 15) is 24.6 Å². The molecule has 10 aliphatic carbocycles. The topological polar surface area (TPSA) is 118 Å². The first-order valence-electron chi connectivity index (χ1n) is 27.6. The number of carboxylic acid groups (broad SMARTS) is 2. The summed E-state index contributed by atoms with van der Waals surface area (Å²) in [6.07, 6.45) is 21.4. The van der Waals surface area contributed by atoms with Crippen molar-refractivity contribution in [1.82, 2.24) is 0 Å². The minimum Gasteiger partial charge on any atom is -0.481 e. The van der Waals surface area contributed by atoms with E-state index in [-0.39, 0.29) is 49.7 Å². The van der Waals surface area contributed by atoms with E-state index in [2.05, 4.69) is 96.2 Å². The predicted octanol–water partition coefficient (Wildman–Crippen LogP) is 14.4. The van der Waals surface area contributed by atoms with Crippen molar-refractivity contribution in [3.63, 3.8) is 0 Å². The average Bonchev–Trinajstić information content (AvgIpc) is 3.84. The molecule has 0 aliphatic heterocycles. The molecule has 6 heteroatoms. The highest BCUT2D eigenvalue weighted by molar-refractivity contribution is 5.85. The average molecular weight is 910 g/mol. The Kier molecular flexibility index (Phi) is 11.4. The number of fused-ring (bicyclic) bond motifs is 14. The number of hydrogen-bond acceptors (Lipinski definition) is 4.